The third-order valence-electron chi connectivity index (χ3n) is 3.38. The van der Waals surface area contributed by atoms with Crippen LogP contribution in [-0.4, -0.2) is 4.57 Å². The maximum absolute atomic E-state index is 12.8. The van der Waals surface area contributed by atoms with Crippen LogP contribution in [-0.2, 0) is 12.7 Å². The minimum Gasteiger partial charge on any atom is -0.308 e. The Bertz CT molecular complexity index is 686. The second-order valence-electron chi connectivity index (χ2n) is 4.90. The smallest absolute Gasteiger partial charge is 0.308 e. The summed E-state index contributed by atoms with van der Waals surface area (Å²) in [6.45, 7) is 4.15. The van der Waals surface area contributed by atoms with Crippen LogP contribution >= 0.6 is 0 Å². The molecule has 0 spiro atoms. The first-order valence-corrected chi connectivity index (χ1v) is 6.56. The molecular formula is C15H16F3NO. The number of alkyl halides is 3. The van der Waals surface area contributed by atoms with Crippen molar-refractivity contribution in [1.82, 2.24) is 4.57 Å². The molecule has 0 saturated carbocycles. The highest BCUT2D eigenvalue weighted by Crippen LogP contribution is 2.31. The largest absolute Gasteiger partial charge is 0.416 e. The number of benzene rings is 1. The van der Waals surface area contributed by atoms with Gasteiger partial charge < -0.3 is 4.57 Å². The molecule has 0 saturated heterocycles. The molecule has 5 heteroatoms. The van der Waals surface area contributed by atoms with E-state index in [-0.39, 0.29) is 5.56 Å². The fraction of sp³-hybridized carbons (Fsp3) is 0.400. The van der Waals surface area contributed by atoms with Gasteiger partial charge in [-0.3, -0.25) is 4.79 Å². The Morgan fingerprint density at radius 2 is 1.90 bits per heavy atom. The zero-order chi connectivity index (χ0) is 14.9. The molecular weight excluding hydrogens is 267 g/mol. The summed E-state index contributed by atoms with van der Waals surface area (Å²) >= 11 is 0. The maximum Gasteiger partial charge on any atom is 0.416 e. The van der Waals surface area contributed by atoms with Gasteiger partial charge in [0.05, 0.1) is 11.1 Å². The zero-order valence-electron chi connectivity index (χ0n) is 11.4. The molecule has 2 aromatic rings. The summed E-state index contributed by atoms with van der Waals surface area (Å²) in [7, 11) is 0. The molecule has 2 nitrogen and oxygen atoms in total. The number of pyridine rings is 1. The molecule has 108 valence electrons. The molecule has 2 rings (SSSR count). The fourth-order valence-electron chi connectivity index (χ4n) is 2.27. The molecule has 0 fully saturated rings. The fourth-order valence-corrected chi connectivity index (χ4v) is 2.27. The predicted molar refractivity (Wildman–Crippen MR) is 72.9 cm³/mol. The van der Waals surface area contributed by atoms with Gasteiger partial charge in [0.15, 0.2) is 0 Å². The molecule has 20 heavy (non-hydrogen) atoms. The van der Waals surface area contributed by atoms with Crippen molar-refractivity contribution in [3.63, 3.8) is 0 Å². The standard InChI is InChI=1S/C15H16F3NO/c1-3-4-7-19-13-9-11(15(16,17)18)5-6-12(13)10(2)8-14(19)20/h5-6,8-9H,3-4,7H2,1-2H3. The lowest BCUT2D eigenvalue weighted by Crippen LogP contribution is -2.21. The molecule has 0 radical (unpaired) electrons. The van der Waals surface area contributed by atoms with Crippen molar-refractivity contribution in [1.29, 1.82) is 0 Å². The lowest BCUT2D eigenvalue weighted by molar-refractivity contribution is -0.137. The summed E-state index contributed by atoms with van der Waals surface area (Å²) in [6, 6.07) is 5.05. The van der Waals surface area contributed by atoms with E-state index in [0.29, 0.717) is 23.0 Å². The zero-order valence-corrected chi connectivity index (χ0v) is 11.4. The number of nitrogens with zero attached hydrogens (tertiary/aromatic N) is 1. The van der Waals surface area contributed by atoms with Gasteiger partial charge in [-0.05, 0) is 31.0 Å². The minimum absolute atomic E-state index is 0.247. The SMILES string of the molecule is CCCCn1c(=O)cc(C)c2ccc(C(F)(F)F)cc21. The lowest BCUT2D eigenvalue weighted by atomic mass is 10.1. The van der Waals surface area contributed by atoms with Crippen LogP contribution in [0.5, 0.6) is 0 Å². The topological polar surface area (TPSA) is 22.0 Å². The first-order valence-electron chi connectivity index (χ1n) is 6.56. The van der Waals surface area contributed by atoms with E-state index in [1.54, 1.807) is 6.92 Å². The van der Waals surface area contributed by atoms with Crippen LogP contribution in [0.1, 0.15) is 30.9 Å². The number of hydrogen-bond acceptors (Lipinski definition) is 1. The van der Waals surface area contributed by atoms with E-state index < -0.39 is 11.7 Å². The summed E-state index contributed by atoms with van der Waals surface area (Å²) in [5, 5.41) is 0.689. The third-order valence-corrected chi connectivity index (χ3v) is 3.38. The first kappa shape index (κ1) is 14.6. The van der Waals surface area contributed by atoms with Gasteiger partial charge in [-0.2, -0.15) is 13.2 Å². The average Bonchev–Trinajstić information content (AvgIpc) is 2.37. The molecule has 0 aliphatic rings. The summed E-state index contributed by atoms with van der Waals surface area (Å²) in [6.07, 6.45) is -2.77. The number of fused-ring (bicyclic) bond motifs is 1. The molecule has 0 aliphatic heterocycles. The molecule has 0 unspecified atom stereocenters. The highest BCUT2D eigenvalue weighted by Gasteiger charge is 2.30. The van der Waals surface area contributed by atoms with Crippen LogP contribution < -0.4 is 5.56 Å². The second-order valence-corrected chi connectivity index (χ2v) is 4.90. The van der Waals surface area contributed by atoms with E-state index in [2.05, 4.69) is 0 Å². The van der Waals surface area contributed by atoms with Crippen LogP contribution in [0.25, 0.3) is 10.9 Å². The van der Waals surface area contributed by atoms with Crippen LogP contribution in [0.4, 0.5) is 13.2 Å². The molecule has 0 bridgehead atoms. The van der Waals surface area contributed by atoms with Gasteiger partial charge in [-0.1, -0.05) is 19.4 Å². The number of aryl methyl sites for hydroxylation is 2. The summed E-state index contributed by atoms with van der Waals surface area (Å²) in [4.78, 5) is 12.0. The van der Waals surface area contributed by atoms with E-state index in [9.17, 15) is 18.0 Å². The number of hydrogen-bond donors (Lipinski definition) is 0. The van der Waals surface area contributed by atoms with E-state index in [1.165, 1.54) is 16.7 Å². The van der Waals surface area contributed by atoms with Crippen LogP contribution in [0.15, 0.2) is 29.1 Å². The Morgan fingerprint density at radius 1 is 1.20 bits per heavy atom. The Labute approximate surface area is 114 Å². The van der Waals surface area contributed by atoms with Crippen molar-refractivity contribution >= 4 is 10.9 Å². The van der Waals surface area contributed by atoms with Crippen LogP contribution in [0.3, 0.4) is 0 Å². The molecule has 0 aliphatic carbocycles. The van der Waals surface area contributed by atoms with Crippen molar-refractivity contribution in [2.45, 2.75) is 39.4 Å². The maximum atomic E-state index is 12.8. The van der Waals surface area contributed by atoms with Crippen molar-refractivity contribution in [2.24, 2.45) is 0 Å². The van der Waals surface area contributed by atoms with E-state index >= 15 is 0 Å². The normalized spacial score (nSPS) is 12.1. The predicted octanol–water partition coefficient (Wildman–Crippen LogP) is 4.13. The van der Waals surface area contributed by atoms with Crippen molar-refractivity contribution < 1.29 is 13.2 Å². The van der Waals surface area contributed by atoms with Gasteiger partial charge in [-0.15, -0.1) is 0 Å². The summed E-state index contributed by atoms with van der Waals surface area (Å²) in [5.74, 6) is 0. The van der Waals surface area contributed by atoms with E-state index in [4.69, 9.17) is 0 Å². The Hall–Kier alpha value is -1.78. The second kappa shape index (κ2) is 5.31. The number of aromatic nitrogens is 1. The Morgan fingerprint density at radius 3 is 2.50 bits per heavy atom. The highest BCUT2D eigenvalue weighted by molar-refractivity contribution is 5.83. The van der Waals surface area contributed by atoms with Gasteiger partial charge in [0.1, 0.15) is 0 Å². The summed E-state index contributed by atoms with van der Waals surface area (Å²) in [5.41, 5.74) is 0.0905. The van der Waals surface area contributed by atoms with Crippen molar-refractivity contribution in [3.05, 3.63) is 45.7 Å². The number of unbranched alkanes of at least 4 members (excludes halogenated alkanes) is 1. The van der Waals surface area contributed by atoms with E-state index in [0.717, 1.165) is 25.0 Å². The van der Waals surface area contributed by atoms with Crippen molar-refractivity contribution in [3.8, 4) is 0 Å². The molecule has 1 aromatic heterocycles. The Kier molecular flexibility index (Phi) is 3.88. The molecule has 0 amide bonds. The van der Waals surface area contributed by atoms with E-state index in [1.807, 2.05) is 6.92 Å². The third kappa shape index (κ3) is 2.71. The molecule has 1 aromatic carbocycles. The first-order chi connectivity index (χ1) is 9.34. The van der Waals surface area contributed by atoms with Crippen molar-refractivity contribution in [2.75, 3.05) is 0 Å². The molecule has 0 atom stereocenters. The van der Waals surface area contributed by atoms with Gasteiger partial charge in [-0.25, -0.2) is 0 Å². The van der Waals surface area contributed by atoms with Crippen LogP contribution in [0.2, 0.25) is 0 Å². The quantitative estimate of drug-likeness (QED) is 0.830. The van der Waals surface area contributed by atoms with Crippen LogP contribution in [0, 0.1) is 6.92 Å². The van der Waals surface area contributed by atoms with Gasteiger partial charge in [0, 0.05) is 18.0 Å². The molecule has 0 N–H and O–H groups in total. The number of halogens is 3. The minimum atomic E-state index is -4.40. The number of rotatable bonds is 3. The van der Waals surface area contributed by atoms with Gasteiger partial charge in [0.25, 0.3) is 5.56 Å². The Balaban J connectivity index is 2.72. The summed E-state index contributed by atoms with van der Waals surface area (Å²) < 4.78 is 39.9. The highest BCUT2D eigenvalue weighted by atomic mass is 19.4. The van der Waals surface area contributed by atoms with Gasteiger partial charge >= 0.3 is 6.18 Å². The lowest BCUT2D eigenvalue weighted by Gasteiger charge is -2.14. The monoisotopic (exact) mass is 283 g/mol. The van der Waals surface area contributed by atoms with Gasteiger partial charge in [0.2, 0.25) is 0 Å². The molecule has 1 heterocycles. The average molecular weight is 283 g/mol.